The number of sulfone groups is 1. The van der Waals surface area contributed by atoms with Gasteiger partial charge in [0.05, 0.1) is 22.5 Å². The van der Waals surface area contributed by atoms with Gasteiger partial charge in [0.2, 0.25) is 0 Å². The van der Waals surface area contributed by atoms with Gasteiger partial charge in [0.25, 0.3) is 11.5 Å². The van der Waals surface area contributed by atoms with Crippen LogP contribution < -0.4 is 10.9 Å². The SMILES string of the molecule is Cc1c(/C=C2/SC(=S)N(C3CCS(=O)(=O)C3)C2=O)c(NCc2ccc(F)cc2)n(C)c(=O)c1C#N. The Kier molecular flexibility index (Phi) is 6.86. The minimum absolute atomic E-state index is 0.0106. The standard InChI is InChI=1S/C23H21FN4O4S3/c1-13-17(9-19-22(30)28(23(33)34-19)16-7-8-35(31,32)12-16)20(27(2)21(29)18(13)10-25)26-11-14-3-5-15(24)6-4-14/h3-6,9,16,26H,7-8,11-12H2,1-2H3/b19-9+. The smallest absolute Gasteiger partial charge is 0.270 e. The largest absolute Gasteiger partial charge is 0.367 e. The Labute approximate surface area is 211 Å². The summed E-state index contributed by atoms with van der Waals surface area (Å²) in [4.78, 5) is 27.6. The molecule has 3 heterocycles. The molecule has 12 heteroatoms. The molecule has 4 rings (SSSR count). The predicted molar refractivity (Wildman–Crippen MR) is 137 cm³/mol. The highest BCUT2D eigenvalue weighted by Gasteiger charge is 2.42. The molecule has 0 aliphatic carbocycles. The summed E-state index contributed by atoms with van der Waals surface area (Å²) < 4.78 is 38.7. The Balaban J connectivity index is 1.74. The van der Waals surface area contributed by atoms with Crippen LogP contribution in [-0.2, 0) is 28.2 Å². The van der Waals surface area contributed by atoms with E-state index in [9.17, 15) is 27.7 Å². The van der Waals surface area contributed by atoms with Crippen molar-refractivity contribution in [3.63, 3.8) is 0 Å². The van der Waals surface area contributed by atoms with E-state index in [0.717, 1.165) is 17.3 Å². The van der Waals surface area contributed by atoms with E-state index >= 15 is 0 Å². The van der Waals surface area contributed by atoms with Crippen molar-refractivity contribution in [3.8, 4) is 6.07 Å². The molecule has 2 aliphatic rings. The first-order valence-corrected chi connectivity index (χ1v) is 13.7. The minimum Gasteiger partial charge on any atom is -0.367 e. The van der Waals surface area contributed by atoms with Crippen molar-refractivity contribution in [2.45, 2.75) is 25.9 Å². The van der Waals surface area contributed by atoms with Crippen molar-refractivity contribution in [2.24, 2.45) is 7.05 Å². The fourth-order valence-corrected chi connectivity index (χ4v) is 7.22. The van der Waals surface area contributed by atoms with E-state index in [4.69, 9.17) is 12.2 Å². The number of amides is 1. The van der Waals surface area contributed by atoms with E-state index in [1.54, 1.807) is 25.1 Å². The number of nitrogens with one attached hydrogen (secondary N) is 1. The second-order valence-corrected chi connectivity index (χ2v) is 12.2. The zero-order valence-electron chi connectivity index (χ0n) is 18.9. The maximum atomic E-state index is 13.3. The summed E-state index contributed by atoms with van der Waals surface area (Å²) in [5.74, 6) is -0.512. The molecule has 0 bridgehead atoms. The second-order valence-electron chi connectivity index (χ2n) is 8.33. The third-order valence-corrected chi connectivity index (χ3v) is 9.13. The second kappa shape index (κ2) is 9.56. The Hall–Kier alpha value is -3.01. The molecule has 182 valence electrons. The van der Waals surface area contributed by atoms with E-state index in [1.807, 2.05) is 6.07 Å². The monoisotopic (exact) mass is 532 g/mol. The van der Waals surface area contributed by atoms with E-state index in [1.165, 1.54) is 28.6 Å². The maximum Gasteiger partial charge on any atom is 0.270 e. The normalized spacial score (nSPS) is 20.5. The quantitative estimate of drug-likeness (QED) is 0.462. The number of rotatable bonds is 5. The maximum absolute atomic E-state index is 13.3. The Morgan fingerprint density at radius 3 is 2.60 bits per heavy atom. The fraction of sp³-hybridized carbons (Fsp3) is 0.304. The summed E-state index contributed by atoms with van der Waals surface area (Å²) in [5, 5.41) is 12.7. The van der Waals surface area contributed by atoms with Gasteiger partial charge in [-0.3, -0.25) is 19.1 Å². The van der Waals surface area contributed by atoms with Crippen molar-refractivity contribution in [3.05, 3.63) is 67.6 Å². The number of aromatic nitrogens is 1. The molecule has 8 nitrogen and oxygen atoms in total. The molecule has 1 atom stereocenters. The number of hydrogen-bond acceptors (Lipinski definition) is 8. The molecule has 0 radical (unpaired) electrons. The van der Waals surface area contributed by atoms with Gasteiger partial charge in [-0.25, -0.2) is 12.8 Å². The van der Waals surface area contributed by atoms with Gasteiger partial charge in [-0.05, 0) is 42.7 Å². The van der Waals surface area contributed by atoms with Crippen LogP contribution >= 0.6 is 24.0 Å². The molecule has 0 saturated carbocycles. The molecule has 1 N–H and O–H groups in total. The third kappa shape index (κ3) is 4.89. The van der Waals surface area contributed by atoms with Crippen LogP contribution in [0.2, 0.25) is 0 Å². The fourth-order valence-electron chi connectivity index (χ4n) is 4.14. The van der Waals surface area contributed by atoms with Crippen molar-refractivity contribution in [2.75, 3.05) is 16.8 Å². The first kappa shape index (κ1) is 25.1. The number of pyridine rings is 1. The Morgan fingerprint density at radius 1 is 1.31 bits per heavy atom. The van der Waals surface area contributed by atoms with Crippen LogP contribution in [0.1, 0.15) is 28.7 Å². The molecule has 2 saturated heterocycles. The zero-order valence-corrected chi connectivity index (χ0v) is 21.3. The summed E-state index contributed by atoms with van der Waals surface area (Å²) in [6.45, 7) is 1.89. The predicted octanol–water partition coefficient (Wildman–Crippen LogP) is 2.70. The number of benzene rings is 1. The lowest BCUT2D eigenvalue weighted by Crippen LogP contribution is -2.39. The molecular weight excluding hydrogens is 511 g/mol. The molecule has 1 unspecified atom stereocenters. The van der Waals surface area contributed by atoms with E-state index in [0.29, 0.717) is 23.4 Å². The van der Waals surface area contributed by atoms with Crippen LogP contribution in [0, 0.1) is 24.1 Å². The lowest BCUT2D eigenvalue weighted by atomic mass is 10.0. The molecule has 1 aromatic heterocycles. The molecule has 1 amide bonds. The van der Waals surface area contributed by atoms with Crippen molar-refractivity contribution >= 4 is 55.9 Å². The number of thiocarbonyl (C=S) groups is 1. The highest BCUT2D eigenvalue weighted by molar-refractivity contribution is 8.26. The molecule has 1 aromatic carbocycles. The minimum atomic E-state index is -3.22. The van der Waals surface area contributed by atoms with Gasteiger partial charge in [0.15, 0.2) is 9.84 Å². The van der Waals surface area contributed by atoms with Gasteiger partial charge in [0.1, 0.15) is 27.6 Å². The molecule has 0 spiro atoms. The zero-order chi connectivity index (χ0) is 25.5. The Bertz CT molecular complexity index is 1470. The van der Waals surface area contributed by atoms with Crippen LogP contribution in [0.15, 0.2) is 34.0 Å². The number of anilines is 1. The van der Waals surface area contributed by atoms with Gasteiger partial charge < -0.3 is 5.32 Å². The average Bonchev–Trinajstić information content (AvgIpc) is 3.30. The summed E-state index contributed by atoms with van der Waals surface area (Å²) in [6.07, 6.45) is 1.90. The highest BCUT2D eigenvalue weighted by atomic mass is 32.2. The highest BCUT2D eigenvalue weighted by Crippen LogP contribution is 2.37. The van der Waals surface area contributed by atoms with Gasteiger partial charge >= 0.3 is 0 Å². The first-order chi connectivity index (χ1) is 16.5. The summed E-state index contributed by atoms with van der Waals surface area (Å²) >= 11 is 6.44. The number of hydrogen-bond donors (Lipinski definition) is 1. The number of carbonyl (C=O) groups excluding carboxylic acids is 1. The summed E-state index contributed by atoms with van der Waals surface area (Å²) in [6, 6.07) is 7.30. The summed E-state index contributed by atoms with van der Waals surface area (Å²) in [7, 11) is -1.70. The number of nitrogens with zero attached hydrogens (tertiary/aromatic N) is 3. The van der Waals surface area contributed by atoms with E-state index in [-0.39, 0.29) is 38.7 Å². The Morgan fingerprint density at radius 2 is 2.00 bits per heavy atom. The van der Waals surface area contributed by atoms with Gasteiger partial charge in [-0.15, -0.1) is 0 Å². The van der Waals surface area contributed by atoms with Gasteiger partial charge in [-0.1, -0.05) is 36.1 Å². The van der Waals surface area contributed by atoms with Crippen molar-refractivity contribution in [1.29, 1.82) is 5.26 Å². The lowest BCUT2D eigenvalue weighted by Gasteiger charge is -2.21. The molecular formula is C23H21FN4O4S3. The lowest BCUT2D eigenvalue weighted by molar-refractivity contribution is -0.123. The number of nitriles is 1. The van der Waals surface area contributed by atoms with Crippen LogP contribution in [0.3, 0.4) is 0 Å². The molecule has 35 heavy (non-hydrogen) atoms. The first-order valence-electron chi connectivity index (χ1n) is 10.6. The third-order valence-electron chi connectivity index (χ3n) is 6.05. The van der Waals surface area contributed by atoms with Crippen LogP contribution in [0.5, 0.6) is 0 Å². The van der Waals surface area contributed by atoms with E-state index in [2.05, 4.69) is 5.32 Å². The van der Waals surface area contributed by atoms with E-state index < -0.39 is 27.3 Å². The van der Waals surface area contributed by atoms with Crippen LogP contribution in [-0.4, -0.2) is 45.7 Å². The van der Waals surface area contributed by atoms with Gasteiger partial charge in [-0.2, -0.15) is 5.26 Å². The van der Waals surface area contributed by atoms with Crippen LogP contribution in [0.25, 0.3) is 6.08 Å². The number of halogens is 1. The molecule has 2 aromatic rings. The van der Waals surface area contributed by atoms with Crippen molar-refractivity contribution in [1.82, 2.24) is 9.47 Å². The number of carbonyl (C=O) groups is 1. The summed E-state index contributed by atoms with van der Waals surface area (Å²) in [5.41, 5.74) is 1.08. The number of thioether (sulfide) groups is 1. The van der Waals surface area contributed by atoms with Gasteiger partial charge in [0, 0.05) is 19.2 Å². The topological polar surface area (TPSA) is 112 Å². The molecule has 2 fully saturated rings. The molecule has 2 aliphatic heterocycles. The van der Waals surface area contributed by atoms with Crippen molar-refractivity contribution < 1.29 is 17.6 Å². The van der Waals surface area contributed by atoms with Crippen LogP contribution in [0.4, 0.5) is 10.2 Å². The average molecular weight is 533 g/mol.